The van der Waals surface area contributed by atoms with Gasteiger partial charge in [-0.1, -0.05) is 6.07 Å². The molecule has 0 unspecified atom stereocenters. The molecule has 222 valence electrons. The third-order valence-electron chi connectivity index (χ3n) is 5.89. The molecule has 1 fully saturated rings. The number of ether oxygens (including phenoxy) is 2. The quantitative estimate of drug-likeness (QED) is 0.338. The van der Waals surface area contributed by atoms with Gasteiger partial charge < -0.3 is 14.8 Å². The van der Waals surface area contributed by atoms with Crippen LogP contribution < -0.4 is 15.4 Å². The van der Waals surface area contributed by atoms with Crippen molar-refractivity contribution in [1.29, 1.82) is 0 Å². The van der Waals surface area contributed by atoms with Crippen LogP contribution in [0.1, 0.15) is 92.0 Å². The van der Waals surface area contributed by atoms with Crippen molar-refractivity contribution in [3.63, 3.8) is 0 Å². The molecule has 1 aromatic heterocycles. The molecule has 0 atom stereocenters. The highest BCUT2D eigenvalue weighted by Gasteiger charge is 2.29. The summed E-state index contributed by atoms with van der Waals surface area (Å²) in [5, 5.41) is 6.50. The molecule has 0 spiro atoms. The lowest BCUT2D eigenvalue weighted by Gasteiger charge is -2.29. The van der Waals surface area contributed by atoms with E-state index < -0.39 is 33.3 Å². The smallest absolute Gasteiger partial charge is 0.411 e. The van der Waals surface area contributed by atoms with Gasteiger partial charge in [-0.25, -0.2) is 27.7 Å². The summed E-state index contributed by atoms with van der Waals surface area (Å²) in [7, 11) is -3.94. The first-order valence-corrected chi connectivity index (χ1v) is 15.8. The van der Waals surface area contributed by atoms with Gasteiger partial charge in [-0.3, -0.25) is 5.32 Å². The van der Waals surface area contributed by atoms with Crippen molar-refractivity contribution in [3.8, 4) is 10.4 Å². The summed E-state index contributed by atoms with van der Waals surface area (Å²) in [6, 6.07) is 4.83. The van der Waals surface area contributed by atoms with E-state index in [4.69, 9.17) is 9.47 Å². The lowest BCUT2D eigenvalue weighted by atomic mass is 9.86. The first-order chi connectivity index (χ1) is 18.4. The molecule has 1 aliphatic rings. The second-order valence-corrected chi connectivity index (χ2v) is 15.1. The number of carbonyl (C=O) groups excluding carboxylic acids is 2. The third kappa shape index (κ3) is 9.45. The number of thiazole rings is 1. The van der Waals surface area contributed by atoms with Gasteiger partial charge in [0.2, 0.25) is 10.0 Å². The van der Waals surface area contributed by atoms with Gasteiger partial charge in [0, 0.05) is 34.9 Å². The van der Waals surface area contributed by atoms with Gasteiger partial charge >= 0.3 is 12.2 Å². The molecule has 1 aliphatic carbocycles. The molecule has 0 aliphatic heterocycles. The van der Waals surface area contributed by atoms with E-state index >= 15 is 0 Å². The van der Waals surface area contributed by atoms with Gasteiger partial charge in [0.15, 0.2) is 0 Å². The Balaban J connectivity index is 1.81. The lowest BCUT2D eigenvalue weighted by molar-refractivity contribution is 0.0491. The van der Waals surface area contributed by atoms with E-state index in [0.717, 1.165) is 35.6 Å². The predicted octanol–water partition coefficient (Wildman–Crippen LogP) is 6.39. The van der Waals surface area contributed by atoms with E-state index in [-0.39, 0.29) is 23.0 Å². The van der Waals surface area contributed by atoms with Crippen molar-refractivity contribution in [3.05, 3.63) is 29.4 Å². The topological polar surface area (TPSA) is 136 Å². The highest BCUT2D eigenvalue weighted by Crippen LogP contribution is 2.40. The summed E-state index contributed by atoms with van der Waals surface area (Å²) in [5.74, 6) is 0.218. The molecule has 0 bridgehead atoms. The summed E-state index contributed by atoms with van der Waals surface area (Å²) in [5.41, 5.74) is -0.437. The fourth-order valence-electron chi connectivity index (χ4n) is 4.41. The Hall–Kier alpha value is -2.70. The van der Waals surface area contributed by atoms with Gasteiger partial charge in [-0.05, 0) is 93.2 Å². The number of rotatable bonds is 7. The number of nitrogens with zero attached hydrogens (tertiary/aromatic N) is 1. The number of amides is 2. The summed E-state index contributed by atoms with van der Waals surface area (Å²) in [4.78, 5) is 29.7. The largest absolute Gasteiger partial charge is 0.447 e. The van der Waals surface area contributed by atoms with Crippen molar-refractivity contribution in [2.75, 3.05) is 5.32 Å². The number of hydrogen-bond donors (Lipinski definition) is 3. The predicted molar refractivity (Wildman–Crippen MR) is 157 cm³/mol. The number of benzene rings is 1. The molecule has 0 saturated heterocycles. The van der Waals surface area contributed by atoms with Crippen LogP contribution in [0.3, 0.4) is 0 Å². The normalized spacial score (nSPS) is 18.3. The Bertz CT molecular complexity index is 1300. The van der Waals surface area contributed by atoms with Crippen molar-refractivity contribution in [2.24, 2.45) is 0 Å². The van der Waals surface area contributed by atoms with E-state index in [0.29, 0.717) is 11.3 Å². The molecular formula is C28H42N4O6S2. The van der Waals surface area contributed by atoms with E-state index in [1.165, 1.54) is 17.4 Å². The Morgan fingerprint density at radius 2 is 1.68 bits per heavy atom. The number of aromatic nitrogens is 1. The zero-order valence-corrected chi connectivity index (χ0v) is 26.2. The van der Waals surface area contributed by atoms with Crippen LogP contribution in [-0.2, 0) is 19.5 Å². The van der Waals surface area contributed by atoms with Gasteiger partial charge in [0.05, 0.1) is 20.9 Å². The summed E-state index contributed by atoms with van der Waals surface area (Å²) >= 11 is 1.46. The number of hydrogen-bond acceptors (Lipinski definition) is 8. The molecule has 10 nitrogen and oxygen atoms in total. The van der Waals surface area contributed by atoms with Crippen molar-refractivity contribution in [1.82, 2.24) is 15.0 Å². The fraction of sp³-hybridized carbons (Fsp3) is 0.607. The molecule has 2 aromatic rings. The van der Waals surface area contributed by atoms with E-state index in [2.05, 4.69) is 20.3 Å². The Morgan fingerprint density at radius 1 is 1.02 bits per heavy atom. The van der Waals surface area contributed by atoms with Crippen molar-refractivity contribution >= 4 is 39.2 Å². The Labute approximate surface area is 241 Å². The van der Waals surface area contributed by atoms with Crippen LogP contribution >= 0.6 is 11.3 Å². The highest BCUT2D eigenvalue weighted by molar-refractivity contribution is 7.89. The van der Waals surface area contributed by atoms with Gasteiger partial charge in [0.25, 0.3) is 0 Å². The van der Waals surface area contributed by atoms with Gasteiger partial charge in [0.1, 0.15) is 5.60 Å². The zero-order chi connectivity index (χ0) is 29.9. The molecule has 1 heterocycles. The first kappa shape index (κ1) is 31.8. The Morgan fingerprint density at radius 3 is 2.25 bits per heavy atom. The van der Waals surface area contributed by atoms with Crippen LogP contribution in [0.5, 0.6) is 0 Å². The maximum atomic E-state index is 13.5. The molecule has 12 heteroatoms. The van der Waals surface area contributed by atoms with E-state index in [1.807, 2.05) is 20.8 Å². The third-order valence-corrected chi connectivity index (χ3v) is 8.88. The maximum Gasteiger partial charge on any atom is 0.411 e. The lowest BCUT2D eigenvalue weighted by Crippen LogP contribution is -2.40. The molecule has 3 rings (SSSR count). The maximum absolute atomic E-state index is 13.5. The van der Waals surface area contributed by atoms with Crippen LogP contribution in [0.25, 0.3) is 10.4 Å². The SMILES string of the molecule is CC(C)OC(=O)Nc1ccc(-c2cnc([C@H]3CC[C@H](NC(=O)OC(C)(C)C)CC3)s2)c(S(=O)(=O)NC(C)(C)C)c1. The second kappa shape index (κ2) is 12.4. The fourth-order valence-corrected chi connectivity index (χ4v) is 7.26. The average molecular weight is 595 g/mol. The van der Waals surface area contributed by atoms with Gasteiger partial charge in [-0.15, -0.1) is 11.3 Å². The number of sulfonamides is 1. The molecule has 3 N–H and O–H groups in total. The minimum Gasteiger partial charge on any atom is -0.447 e. The minimum atomic E-state index is -3.94. The molecule has 1 aromatic carbocycles. The molecule has 1 saturated carbocycles. The van der Waals surface area contributed by atoms with Crippen LogP contribution in [-0.4, -0.2) is 48.9 Å². The van der Waals surface area contributed by atoms with Crippen LogP contribution in [0.15, 0.2) is 29.3 Å². The standard InChI is InChI=1S/C28H42N4O6S2/c1-17(2)37-25(33)31-20-13-14-21(23(15-20)40(35,36)32-27(3,4)5)22-16-29-24(39-22)18-9-11-19(12-10-18)30-26(34)38-28(6,7)8/h13-19,32H,9-12H2,1-8H3,(H,30,34)(H,31,33)/t18-,19-. The van der Waals surface area contributed by atoms with Crippen LogP contribution in [0, 0.1) is 0 Å². The highest BCUT2D eigenvalue weighted by atomic mass is 32.2. The zero-order valence-electron chi connectivity index (χ0n) is 24.6. The molecule has 2 amide bonds. The Kier molecular flexibility index (Phi) is 9.90. The monoisotopic (exact) mass is 594 g/mol. The summed E-state index contributed by atoms with van der Waals surface area (Å²) < 4.78 is 40.1. The second-order valence-electron chi connectivity index (χ2n) is 12.4. The van der Waals surface area contributed by atoms with Crippen molar-refractivity contribution in [2.45, 2.75) is 115 Å². The first-order valence-electron chi connectivity index (χ1n) is 13.5. The minimum absolute atomic E-state index is 0.0465. The molecule has 40 heavy (non-hydrogen) atoms. The number of carbonyl (C=O) groups is 2. The van der Waals surface area contributed by atoms with Crippen LogP contribution in [0.2, 0.25) is 0 Å². The number of nitrogens with one attached hydrogen (secondary N) is 3. The number of alkyl carbamates (subject to hydrolysis) is 1. The summed E-state index contributed by atoms with van der Waals surface area (Å²) in [6.45, 7) is 14.3. The van der Waals surface area contributed by atoms with Crippen LogP contribution in [0.4, 0.5) is 15.3 Å². The summed E-state index contributed by atoms with van der Waals surface area (Å²) in [6.07, 6.45) is 3.64. The van der Waals surface area contributed by atoms with Gasteiger partial charge in [-0.2, -0.15) is 0 Å². The molecular weight excluding hydrogens is 552 g/mol. The van der Waals surface area contributed by atoms with Crippen molar-refractivity contribution < 1.29 is 27.5 Å². The number of anilines is 1. The van der Waals surface area contributed by atoms with E-state index in [1.54, 1.807) is 52.9 Å². The molecule has 0 radical (unpaired) electrons. The average Bonchev–Trinajstić information content (AvgIpc) is 3.26. The van der Waals surface area contributed by atoms with E-state index in [9.17, 15) is 18.0 Å².